The largest absolute Gasteiger partial charge is 0.394 e. The number of hydrogen-bond donors (Lipinski definition) is 3. The fraction of sp³-hybridized carbons (Fsp3) is 0.350. The number of hydrogen-bond acceptors (Lipinski definition) is 6. The molecule has 1 aliphatic heterocycles. The first kappa shape index (κ1) is 21.9. The number of likely N-dealkylation sites (tertiary alicyclic amines) is 1. The van der Waals surface area contributed by atoms with Crippen LogP contribution in [0.15, 0.2) is 47.4 Å². The van der Waals surface area contributed by atoms with E-state index < -0.39 is 46.3 Å². The molecule has 2 aromatic rings. The molecule has 2 unspecified atom stereocenters. The minimum absolute atomic E-state index is 0.104. The van der Waals surface area contributed by atoms with E-state index >= 15 is 0 Å². The van der Waals surface area contributed by atoms with E-state index in [-0.39, 0.29) is 11.4 Å². The number of nitrogens with zero attached hydrogens (tertiary/aromatic N) is 1. The summed E-state index contributed by atoms with van der Waals surface area (Å²) in [7, 11) is -4.20. The predicted octanol–water partition coefficient (Wildman–Crippen LogP) is -0.0855. The average molecular weight is 433 g/mol. The summed E-state index contributed by atoms with van der Waals surface area (Å²) in [5.74, 6) is -2.91. The number of rotatable bonds is 7. The van der Waals surface area contributed by atoms with Gasteiger partial charge < -0.3 is 15.7 Å². The van der Waals surface area contributed by atoms with Gasteiger partial charge in [0.05, 0.1) is 11.5 Å². The van der Waals surface area contributed by atoms with Crippen LogP contribution in [0.5, 0.6) is 0 Å². The van der Waals surface area contributed by atoms with Crippen molar-refractivity contribution in [3.63, 3.8) is 0 Å². The second-order valence-electron chi connectivity index (χ2n) is 7.14. The predicted molar refractivity (Wildman–Crippen MR) is 109 cm³/mol. The lowest BCUT2D eigenvalue weighted by Crippen LogP contribution is -2.56. The standard InChI is InChI=1S/C20H23N3O6S/c21-19(26)17-7-3-4-10-23(17)20(27)18(25)16(12-24)22-30(28,29)15-9-8-13-5-1-2-6-14(13)11-15/h1-2,5-6,8-9,11,16-17,22,24H,3-4,7,10,12H2,(H2,21,26). The molecule has 2 amide bonds. The molecule has 0 saturated carbocycles. The Morgan fingerprint density at radius 1 is 1.13 bits per heavy atom. The van der Waals surface area contributed by atoms with Crippen molar-refractivity contribution in [1.82, 2.24) is 9.62 Å². The Balaban J connectivity index is 1.81. The molecule has 1 heterocycles. The number of nitrogens with two attached hydrogens (primary N) is 1. The molecule has 1 aliphatic rings. The number of sulfonamides is 1. The van der Waals surface area contributed by atoms with Crippen LogP contribution < -0.4 is 10.5 Å². The van der Waals surface area contributed by atoms with Gasteiger partial charge in [-0.05, 0) is 42.2 Å². The summed E-state index contributed by atoms with van der Waals surface area (Å²) in [5, 5.41) is 11.1. The summed E-state index contributed by atoms with van der Waals surface area (Å²) in [5.41, 5.74) is 5.32. The molecule has 0 aromatic heterocycles. The summed E-state index contributed by atoms with van der Waals surface area (Å²) in [6, 6.07) is 8.98. The molecule has 1 fully saturated rings. The zero-order chi connectivity index (χ0) is 21.9. The third kappa shape index (κ3) is 4.50. The van der Waals surface area contributed by atoms with Crippen molar-refractivity contribution in [2.24, 2.45) is 5.73 Å². The van der Waals surface area contributed by atoms with Gasteiger partial charge in [0.2, 0.25) is 21.7 Å². The third-order valence-electron chi connectivity index (χ3n) is 5.13. The molecule has 0 aliphatic carbocycles. The van der Waals surface area contributed by atoms with Crippen LogP contribution in [-0.2, 0) is 24.4 Å². The lowest BCUT2D eigenvalue weighted by Gasteiger charge is -2.33. The van der Waals surface area contributed by atoms with Gasteiger partial charge in [0.1, 0.15) is 12.1 Å². The Morgan fingerprint density at radius 2 is 1.83 bits per heavy atom. The van der Waals surface area contributed by atoms with Crippen LogP contribution in [0, 0.1) is 0 Å². The van der Waals surface area contributed by atoms with Crippen LogP contribution in [0.2, 0.25) is 0 Å². The van der Waals surface area contributed by atoms with Gasteiger partial charge in [0.15, 0.2) is 0 Å². The smallest absolute Gasteiger partial charge is 0.292 e. The maximum atomic E-state index is 12.7. The Kier molecular flexibility index (Phi) is 6.49. The summed E-state index contributed by atoms with van der Waals surface area (Å²) in [6.45, 7) is -0.750. The Labute approximate surface area is 173 Å². The van der Waals surface area contributed by atoms with E-state index in [2.05, 4.69) is 4.72 Å². The van der Waals surface area contributed by atoms with Gasteiger partial charge in [-0.2, -0.15) is 4.72 Å². The van der Waals surface area contributed by atoms with E-state index in [1.807, 2.05) is 12.1 Å². The van der Waals surface area contributed by atoms with Crippen LogP contribution in [0.3, 0.4) is 0 Å². The van der Waals surface area contributed by atoms with Crippen molar-refractivity contribution in [2.75, 3.05) is 13.2 Å². The highest BCUT2D eigenvalue weighted by atomic mass is 32.2. The van der Waals surface area contributed by atoms with Gasteiger partial charge >= 0.3 is 0 Å². The fourth-order valence-corrected chi connectivity index (χ4v) is 4.75. The molecular formula is C20H23N3O6S. The molecule has 160 valence electrons. The first-order chi connectivity index (χ1) is 14.2. The highest BCUT2D eigenvalue weighted by molar-refractivity contribution is 7.89. The maximum Gasteiger partial charge on any atom is 0.292 e. The number of ketones is 1. The van der Waals surface area contributed by atoms with Gasteiger partial charge in [0.25, 0.3) is 5.91 Å². The van der Waals surface area contributed by atoms with Gasteiger partial charge in [0, 0.05) is 6.54 Å². The van der Waals surface area contributed by atoms with Crippen LogP contribution in [0.1, 0.15) is 19.3 Å². The normalized spacial score (nSPS) is 18.2. The molecular weight excluding hydrogens is 410 g/mol. The molecule has 4 N–H and O–H groups in total. The van der Waals surface area contributed by atoms with Gasteiger partial charge in [-0.3, -0.25) is 14.4 Å². The monoisotopic (exact) mass is 433 g/mol. The SMILES string of the molecule is NC(=O)C1CCCCN1C(=O)C(=O)C(CO)NS(=O)(=O)c1ccc2ccccc2c1. The summed E-state index contributed by atoms with van der Waals surface area (Å²) in [4.78, 5) is 37.8. The fourth-order valence-electron chi connectivity index (χ4n) is 3.52. The number of benzene rings is 2. The Hall–Kier alpha value is -2.82. The third-order valence-corrected chi connectivity index (χ3v) is 6.60. The van der Waals surface area contributed by atoms with E-state index in [1.165, 1.54) is 12.1 Å². The van der Waals surface area contributed by atoms with Crippen molar-refractivity contribution in [3.8, 4) is 0 Å². The van der Waals surface area contributed by atoms with E-state index in [1.54, 1.807) is 18.2 Å². The average Bonchev–Trinajstić information content (AvgIpc) is 2.76. The molecule has 0 spiro atoms. The first-order valence-corrected chi connectivity index (χ1v) is 11.0. The van der Waals surface area contributed by atoms with Crippen molar-refractivity contribution in [3.05, 3.63) is 42.5 Å². The van der Waals surface area contributed by atoms with Gasteiger partial charge in [-0.15, -0.1) is 0 Å². The highest BCUT2D eigenvalue weighted by Crippen LogP contribution is 2.20. The van der Waals surface area contributed by atoms with E-state index in [0.717, 1.165) is 10.3 Å². The van der Waals surface area contributed by atoms with Crippen molar-refractivity contribution < 1.29 is 27.9 Å². The zero-order valence-corrected chi connectivity index (χ0v) is 17.0. The summed E-state index contributed by atoms with van der Waals surface area (Å²) < 4.78 is 27.6. The number of fused-ring (bicyclic) bond motifs is 1. The quantitative estimate of drug-likeness (QED) is 0.520. The molecule has 3 rings (SSSR count). The lowest BCUT2D eigenvalue weighted by molar-refractivity contribution is -0.150. The van der Waals surface area contributed by atoms with Gasteiger partial charge in [-0.25, -0.2) is 8.42 Å². The molecule has 30 heavy (non-hydrogen) atoms. The minimum Gasteiger partial charge on any atom is -0.394 e. The van der Waals surface area contributed by atoms with Crippen LogP contribution in [0.25, 0.3) is 10.8 Å². The number of aliphatic hydroxyl groups excluding tert-OH is 1. The minimum atomic E-state index is -4.20. The lowest BCUT2D eigenvalue weighted by atomic mass is 10.0. The first-order valence-electron chi connectivity index (χ1n) is 9.50. The number of nitrogens with one attached hydrogen (secondary N) is 1. The number of Topliss-reactive ketones (excluding diaryl/α,β-unsaturated/α-hetero) is 1. The molecule has 2 atom stereocenters. The number of carbonyl (C=O) groups excluding carboxylic acids is 3. The summed E-state index contributed by atoms with van der Waals surface area (Å²) in [6.07, 6.45) is 1.61. The van der Waals surface area contributed by atoms with Crippen LogP contribution in [-0.4, -0.2) is 61.3 Å². The van der Waals surface area contributed by atoms with E-state index in [4.69, 9.17) is 5.73 Å². The summed E-state index contributed by atoms with van der Waals surface area (Å²) >= 11 is 0. The molecule has 9 nitrogen and oxygen atoms in total. The molecule has 0 bridgehead atoms. The zero-order valence-electron chi connectivity index (χ0n) is 16.2. The number of primary amides is 1. The maximum absolute atomic E-state index is 12.7. The van der Waals surface area contributed by atoms with Crippen LogP contribution in [0.4, 0.5) is 0 Å². The Morgan fingerprint density at radius 3 is 2.50 bits per heavy atom. The highest BCUT2D eigenvalue weighted by Gasteiger charge is 2.38. The number of carbonyl (C=O) groups is 3. The van der Waals surface area contributed by atoms with E-state index in [9.17, 15) is 27.9 Å². The number of aliphatic hydroxyl groups is 1. The van der Waals surface area contributed by atoms with Crippen molar-refractivity contribution in [1.29, 1.82) is 0 Å². The molecule has 0 radical (unpaired) electrons. The second-order valence-corrected chi connectivity index (χ2v) is 8.86. The molecule has 1 saturated heterocycles. The Bertz CT molecular complexity index is 1080. The second kappa shape index (κ2) is 8.90. The van der Waals surface area contributed by atoms with E-state index in [0.29, 0.717) is 24.6 Å². The number of piperidine rings is 1. The van der Waals surface area contributed by atoms with Crippen molar-refractivity contribution in [2.45, 2.75) is 36.2 Å². The molecule has 2 aromatic carbocycles. The number of amides is 2. The van der Waals surface area contributed by atoms with Crippen LogP contribution >= 0.6 is 0 Å². The molecule has 10 heteroatoms. The topological polar surface area (TPSA) is 147 Å². The van der Waals surface area contributed by atoms with Crippen molar-refractivity contribution >= 4 is 38.4 Å². The van der Waals surface area contributed by atoms with Gasteiger partial charge in [-0.1, -0.05) is 30.3 Å².